The number of fused-ring (bicyclic) bond motifs is 1. The van der Waals surface area contributed by atoms with Crippen molar-refractivity contribution in [2.75, 3.05) is 0 Å². The third kappa shape index (κ3) is 2.28. The second-order valence-electron chi connectivity index (χ2n) is 4.33. The summed E-state index contributed by atoms with van der Waals surface area (Å²) in [7, 11) is 0. The molecule has 0 radical (unpaired) electrons. The average molecular weight is 318 g/mol. The highest BCUT2D eigenvalue weighted by Gasteiger charge is 2.17. The fourth-order valence-corrected chi connectivity index (χ4v) is 4.06. The van der Waals surface area contributed by atoms with Crippen molar-refractivity contribution in [2.45, 2.75) is 6.92 Å². The number of carboxylic acid groups (broad SMARTS) is 1. The van der Waals surface area contributed by atoms with Crippen LogP contribution in [0.1, 0.15) is 20.9 Å². The molecule has 4 nitrogen and oxygen atoms in total. The van der Waals surface area contributed by atoms with Crippen LogP contribution < -0.4 is 0 Å². The molecule has 0 unspecified atom stereocenters. The van der Waals surface area contributed by atoms with E-state index < -0.39 is 11.8 Å². The molecule has 0 bridgehead atoms. The van der Waals surface area contributed by atoms with Crippen molar-refractivity contribution in [2.24, 2.45) is 0 Å². The number of aromatic nitrogens is 1. The van der Waals surface area contributed by atoms with Gasteiger partial charge in [-0.25, -0.2) is 14.2 Å². The Labute approximate surface area is 126 Å². The van der Waals surface area contributed by atoms with Gasteiger partial charge in [0.1, 0.15) is 21.8 Å². The molecule has 7 heteroatoms. The monoisotopic (exact) mass is 318 g/mol. The van der Waals surface area contributed by atoms with Gasteiger partial charge in [0.15, 0.2) is 0 Å². The second kappa shape index (κ2) is 4.91. The molecule has 0 fully saturated rings. The molecule has 0 saturated heterocycles. The lowest BCUT2D eigenvalue weighted by Crippen LogP contribution is -1.94. The number of rotatable bonds is 2. The number of aromatic carboxylic acids is 1. The van der Waals surface area contributed by atoms with Crippen LogP contribution in [-0.2, 0) is 0 Å². The zero-order valence-electron chi connectivity index (χ0n) is 10.7. The van der Waals surface area contributed by atoms with Gasteiger partial charge in [0.25, 0.3) is 0 Å². The minimum absolute atomic E-state index is 0.189. The normalized spacial score (nSPS) is 10.7. The van der Waals surface area contributed by atoms with Gasteiger partial charge in [0, 0.05) is 0 Å². The van der Waals surface area contributed by atoms with Crippen LogP contribution in [0.25, 0.3) is 20.0 Å². The van der Waals surface area contributed by atoms with E-state index in [9.17, 15) is 9.18 Å². The molecule has 2 heterocycles. The Morgan fingerprint density at radius 3 is 2.76 bits per heavy atom. The fourth-order valence-electron chi connectivity index (χ4n) is 2.01. The Balaban J connectivity index is 2.20. The van der Waals surface area contributed by atoms with Crippen LogP contribution in [0.4, 0.5) is 4.39 Å². The molecule has 0 aliphatic rings. The zero-order chi connectivity index (χ0) is 15.1. The first-order chi connectivity index (χ1) is 9.99. The molecular weight excluding hydrogens is 311 g/mol. The van der Waals surface area contributed by atoms with Crippen molar-refractivity contribution in [3.8, 4) is 16.0 Å². The van der Waals surface area contributed by atoms with Gasteiger partial charge in [-0.15, -0.1) is 22.7 Å². The number of hydrogen-bond acceptors (Lipinski definition) is 5. The largest absolute Gasteiger partial charge is 0.477 e. The summed E-state index contributed by atoms with van der Waals surface area (Å²) in [6, 6.07) is 6.25. The maximum atomic E-state index is 13.4. The Bertz CT molecular complexity index is 921. The molecule has 3 aromatic rings. The Morgan fingerprint density at radius 2 is 2.14 bits per heavy atom. The first-order valence-electron chi connectivity index (χ1n) is 5.84. The summed E-state index contributed by atoms with van der Waals surface area (Å²) in [5.41, 5.74) is 0.722. The van der Waals surface area contributed by atoms with Crippen LogP contribution >= 0.6 is 22.7 Å². The maximum Gasteiger partial charge on any atom is 0.347 e. The lowest BCUT2D eigenvalue weighted by molar-refractivity contribution is 0.0701. The fraction of sp³-hybridized carbons (Fsp3) is 0.0714. The number of carboxylic acids is 1. The first-order valence-corrected chi connectivity index (χ1v) is 7.47. The van der Waals surface area contributed by atoms with E-state index in [1.807, 2.05) is 6.07 Å². The lowest BCUT2D eigenvalue weighted by atomic mass is 10.2. The molecule has 0 aliphatic carbocycles. The Morgan fingerprint density at radius 1 is 1.38 bits per heavy atom. The van der Waals surface area contributed by atoms with Crippen molar-refractivity contribution in [1.29, 1.82) is 5.26 Å². The number of thiophene rings is 1. The van der Waals surface area contributed by atoms with Gasteiger partial charge in [-0.2, -0.15) is 5.26 Å². The predicted molar refractivity (Wildman–Crippen MR) is 79.3 cm³/mol. The Hall–Kier alpha value is -2.30. The smallest absolute Gasteiger partial charge is 0.347 e. The molecule has 1 aromatic carbocycles. The summed E-state index contributed by atoms with van der Waals surface area (Å²) in [5.74, 6) is -1.48. The molecule has 2 aromatic heterocycles. The van der Waals surface area contributed by atoms with E-state index >= 15 is 0 Å². The molecule has 0 amide bonds. The van der Waals surface area contributed by atoms with Crippen molar-refractivity contribution >= 4 is 38.7 Å². The van der Waals surface area contributed by atoms with Crippen molar-refractivity contribution in [3.05, 3.63) is 40.2 Å². The molecule has 3 rings (SSSR count). The van der Waals surface area contributed by atoms with Gasteiger partial charge in [-0.1, -0.05) is 0 Å². The van der Waals surface area contributed by atoms with Crippen LogP contribution in [0.5, 0.6) is 0 Å². The minimum atomic E-state index is -1.01. The van der Waals surface area contributed by atoms with E-state index in [1.54, 1.807) is 13.0 Å². The molecule has 0 aliphatic heterocycles. The van der Waals surface area contributed by atoms with E-state index in [0.717, 1.165) is 16.2 Å². The number of thiazole rings is 1. The number of halogens is 1. The number of benzene rings is 1. The number of nitriles is 1. The highest BCUT2D eigenvalue weighted by molar-refractivity contribution is 7.26. The molecule has 0 saturated carbocycles. The first kappa shape index (κ1) is 13.7. The molecule has 21 heavy (non-hydrogen) atoms. The molecule has 0 atom stereocenters. The SMILES string of the molecule is Cc1nc(-c2cc3cc(F)cc(C#N)c3s2)sc1C(=O)O. The van der Waals surface area contributed by atoms with Gasteiger partial charge < -0.3 is 5.11 Å². The van der Waals surface area contributed by atoms with Crippen molar-refractivity contribution in [1.82, 2.24) is 4.98 Å². The number of nitrogens with zero attached hydrogens (tertiary/aromatic N) is 2. The predicted octanol–water partition coefficient (Wildman–Crippen LogP) is 4.04. The summed E-state index contributed by atoms with van der Waals surface area (Å²) in [4.78, 5) is 16.2. The summed E-state index contributed by atoms with van der Waals surface area (Å²) >= 11 is 2.39. The van der Waals surface area contributed by atoms with Crippen molar-refractivity contribution < 1.29 is 14.3 Å². The zero-order valence-corrected chi connectivity index (χ0v) is 12.3. The third-order valence-electron chi connectivity index (χ3n) is 2.90. The standard InChI is InChI=1S/C14H7FN2O2S2/c1-6-11(14(18)19)21-13(17-6)10-4-7-2-9(15)3-8(5-16)12(7)20-10/h2-4H,1H3,(H,18,19). The van der Waals surface area contributed by atoms with Gasteiger partial charge >= 0.3 is 5.97 Å². The van der Waals surface area contributed by atoms with Crippen LogP contribution in [0.15, 0.2) is 18.2 Å². The molecule has 1 N–H and O–H groups in total. The quantitative estimate of drug-likeness (QED) is 0.774. The summed E-state index contributed by atoms with van der Waals surface area (Å²) in [5, 5.41) is 19.3. The minimum Gasteiger partial charge on any atom is -0.477 e. The van der Waals surface area contributed by atoms with Crippen LogP contribution in [0, 0.1) is 24.1 Å². The Kier molecular flexibility index (Phi) is 3.20. The van der Waals surface area contributed by atoms with Crippen molar-refractivity contribution in [3.63, 3.8) is 0 Å². The molecule has 104 valence electrons. The van der Waals surface area contributed by atoms with Crippen LogP contribution in [0.3, 0.4) is 0 Å². The maximum absolute atomic E-state index is 13.4. The highest BCUT2D eigenvalue weighted by Crippen LogP contribution is 2.38. The van der Waals surface area contributed by atoms with Gasteiger partial charge in [-0.3, -0.25) is 0 Å². The van der Waals surface area contributed by atoms with E-state index in [1.165, 1.54) is 23.5 Å². The molecule has 0 spiro atoms. The summed E-state index contributed by atoms with van der Waals surface area (Å²) < 4.78 is 14.1. The van der Waals surface area contributed by atoms with E-state index in [2.05, 4.69) is 4.98 Å². The van der Waals surface area contributed by atoms with Crippen LogP contribution in [-0.4, -0.2) is 16.1 Å². The van der Waals surface area contributed by atoms with Gasteiger partial charge in [-0.05, 0) is 30.5 Å². The topological polar surface area (TPSA) is 74.0 Å². The summed E-state index contributed by atoms with van der Waals surface area (Å²) in [6.07, 6.45) is 0. The van der Waals surface area contributed by atoms with E-state index in [4.69, 9.17) is 10.4 Å². The highest BCUT2D eigenvalue weighted by atomic mass is 32.1. The van der Waals surface area contributed by atoms with E-state index in [0.29, 0.717) is 20.8 Å². The summed E-state index contributed by atoms with van der Waals surface area (Å²) in [6.45, 7) is 1.64. The lowest BCUT2D eigenvalue weighted by Gasteiger charge is -1.92. The van der Waals surface area contributed by atoms with Crippen LogP contribution in [0.2, 0.25) is 0 Å². The number of aryl methyl sites for hydroxylation is 1. The average Bonchev–Trinajstić information content (AvgIpc) is 3.00. The second-order valence-corrected chi connectivity index (χ2v) is 6.38. The molecular formula is C14H7FN2O2S2. The number of carbonyl (C=O) groups is 1. The van der Waals surface area contributed by atoms with Gasteiger partial charge in [0.05, 0.1) is 20.8 Å². The number of hydrogen-bond donors (Lipinski definition) is 1. The third-order valence-corrected chi connectivity index (χ3v) is 5.40. The van der Waals surface area contributed by atoms with Gasteiger partial charge in [0.2, 0.25) is 0 Å². The van der Waals surface area contributed by atoms with E-state index in [-0.39, 0.29) is 10.4 Å².